The average Bonchev–Trinajstić information content (AvgIpc) is 3.39. The number of amides is 1. The molecule has 0 aromatic heterocycles. The minimum absolute atomic E-state index is 0.418. The molecule has 0 radical (unpaired) electrons. The maximum absolute atomic E-state index is 13.7. The highest BCUT2D eigenvalue weighted by Gasteiger charge is 2.32. The summed E-state index contributed by atoms with van der Waals surface area (Å²) in [5, 5.41) is 0. The molecule has 3 heteroatoms. The third-order valence-corrected chi connectivity index (χ3v) is 13.0. The molecular weight excluding hydrogens is 430 g/mol. The van der Waals surface area contributed by atoms with Gasteiger partial charge in [-0.05, 0) is 25.7 Å². The Labute approximate surface area is 215 Å². The first-order valence-electron chi connectivity index (χ1n) is 15.6. The van der Waals surface area contributed by atoms with Gasteiger partial charge in [0.1, 0.15) is 0 Å². The minimum Gasteiger partial charge on any atom is -0.339 e. The summed E-state index contributed by atoms with van der Waals surface area (Å²) in [4.78, 5) is 15.9. The lowest BCUT2D eigenvalue weighted by molar-refractivity contribution is -0.126. The zero-order valence-electron chi connectivity index (χ0n) is 23.9. The predicted octanol–water partition coefficient (Wildman–Crippen LogP) is 10.2. The number of likely N-dealkylation sites (tertiary alicyclic amines) is 1. The Kier molecular flexibility index (Phi) is 19.1. The van der Waals surface area contributed by atoms with E-state index in [4.69, 9.17) is 0 Å². The molecule has 1 fully saturated rings. The van der Waals surface area contributed by atoms with E-state index >= 15 is 0 Å². The van der Waals surface area contributed by atoms with Crippen LogP contribution in [0.2, 0.25) is 18.1 Å². The maximum atomic E-state index is 13.7. The lowest BCUT2D eigenvalue weighted by Crippen LogP contribution is -2.36. The first-order valence-corrected chi connectivity index (χ1v) is 18.3. The summed E-state index contributed by atoms with van der Waals surface area (Å²) in [6.07, 6.45) is 24.8. The fraction of sp³-hybridized carbons (Fsp3) is 0.903. The maximum Gasteiger partial charge on any atom is 0.249 e. The van der Waals surface area contributed by atoms with Gasteiger partial charge in [0.2, 0.25) is 5.91 Å². The number of rotatable bonds is 22. The van der Waals surface area contributed by atoms with E-state index in [1.165, 1.54) is 139 Å². The summed E-state index contributed by atoms with van der Waals surface area (Å²) in [7, 11) is -1.60. The Bertz CT molecular complexity index is 492. The van der Waals surface area contributed by atoms with Crippen LogP contribution >= 0.6 is 0 Å². The molecule has 1 heterocycles. The molecule has 0 saturated carbocycles. The molecule has 0 bridgehead atoms. The summed E-state index contributed by atoms with van der Waals surface area (Å²) in [6.45, 7) is 11.2. The van der Waals surface area contributed by atoms with Crippen molar-refractivity contribution < 1.29 is 4.79 Å². The second kappa shape index (κ2) is 20.6. The Balaban J connectivity index is 3.15. The van der Waals surface area contributed by atoms with Gasteiger partial charge >= 0.3 is 0 Å². The highest BCUT2D eigenvalue weighted by molar-refractivity contribution is 6.84. The highest BCUT2D eigenvalue weighted by atomic mass is 28.3. The number of nitrogens with zero attached hydrogens (tertiary/aromatic N) is 1. The van der Waals surface area contributed by atoms with Crippen LogP contribution in [0.1, 0.15) is 150 Å². The molecule has 0 atom stereocenters. The topological polar surface area (TPSA) is 20.3 Å². The van der Waals surface area contributed by atoms with E-state index in [2.05, 4.69) is 38.3 Å². The monoisotopic (exact) mass is 491 g/mol. The van der Waals surface area contributed by atoms with Crippen molar-refractivity contribution >= 4 is 14.0 Å². The summed E-state index contributed by atoms with van der Waals surface area (Å²) < 4.78 is 0. The van der Waals surface area contributed by atoms with Gasteiger partial charge in [0.25, 0.3) is 0 Å². The summed E-state index contributed by atoms with van der Waals surface area (Å²) in [5.41, 5.74) is 3.97. The van der Waals surface area contributed by atoms with Gasteiger partial charge in [0.15, 0.2) is 0 Å². The molecule has 2 nitrogen and oxygen atoms in total. The van der Waals surface area contributed by atoms with E-state index in [0.717, 1.165) is 19.5 Å². The lowest BCUT2D eigenvalue weighted by Gasteiger charge is -2.31. The van der Waals surface area contributed by atoms with E-state index in [1.54, 1.807) is 0 Å². The van der Waals surface area contributed by atoms with Crippen molar-refractivity contribution in [3.05, 3.63) is 11.3 Å². The number of hydrogen-bond acceptors (Lipinski definition) is 1. The molecule has 1 amide bonds. The highest BCUT2D eigenvalue weighted by Crippen LogP contribution is 2.33. The number of hydrogen-bond donors (Lipinski definition) is 0. The van der Waals surface area contributed by atoms with Gasteiger partial charge in [-0.25, -0.2) is 0 Å². The molecule has 0 aromatic carbocycles. The molecule has 1 aliphatic heterocycles. The molecule has 34 heavy (non-hydrogen) atoms. The normalized spacial score (nSPS) is 14.8. The van der Waals surface area contributed by atoms with Crippen molar-refractivity contribution in [1.82, 2.24) is 4.90 Å². The second-order valence-electron chi connectivity index (χ2n) is 11.3. The van der Waals surface area contributed by atoms with Crippen LogP contribution in [0.4, 0.5) is 0 Å². The largest absolute Gasteiger partial charge is 0.339 e. The van der Waals surface area contributed by atoms with Gasteiger partial charge in [-0.1, -0.05) is 148 Å². The van der Waals surface area contributed by atoms with Crippen molar-refractivity contribution in [3.63, 3.8) is 0 Å². The van der Waals surface area contributed by atoms with Crippen LogP contribution in [0.15, 0.2) is 11.3 Å². The second-order valence-corrected chi connectivity index (χ2v) is 15.8. The number of carbonyl (C=O) groups excluding carboxylic acids is 1. The Morgan fingerprint density at radius 3 is 1.44 bits per heavy atom. The van der Waals surface area contributed by atoms with Crippen LogP contribution in [-0.2, 0) is 4.79 Å². The van der Waals surface area contributed by atoms with Gasteiger partial charge in [-0.15, -0.1) is 0 Å². The van der Waals surface area contributed by atoms with Gasteiger partial charge < -0.3 is 4.90 Å². The molecule has 1 rings (SSSR count). The fourth-order valence-corrected chi connectivity index (χ4v) is 10.8. The molecule has 1 saturated heterocycles. The molecular formula is C31H61NOSi. The van der Waals surface area contributed by atoms with Gasteiger partial charge in [0.05, 0.1) is 8.07 Å². The van der Waals surface area contributed by atoms with E-state index in [-0.39, 0.29) is 0 Å². The quantitative estimate of drug-likeness (QED) is 0.0837. The molecule has 1 aliphatic rings. The van der Waals surface area contributed by atoms with Crippen LogP contribution in [0.3, 0.4) is 0 Å². The number of unbranched alkanes of at least 4 members (excludes halogenated alkanes) is 12. The third-order valence-electron chi connectivity index (χ3n) is 8.03. The zero-order chi connectivity index (χ0) is 24.9. The predicted molar refractivity (Wildman–Crippen MR) is 155 cm³/mol. The van der Waals surface area contributed by atoms with Crippen molar-refractivity contribution in [2.24, 2.45) is 0 Å². The third kappa shape index (κ3) is 13.5. The fourth-order valence-electron chi connectivity index (χ4n) is 5.78. The zero-order valence-corrected chi connectivity index (χ0v) is 24.9. The van der Waals surface area contributed by atoms with Crippen LogP contribution in [-0.4, -0.2) is 32.0 Å². The minimum atomic E-state index is -1.60. The average molecular weight is 492 g/mol. The van der Waals surface area contributed by atoms with E-state index in [1.807, 2.05) is 0 Å². The number of carbonyl (C=O) groups is 1. The molecule has 0 aromatic rings. The summed E-state index contributed by atoms with van der Waals surface area (Å²) >= 11 is 0. The first-order chi connectivity index (χ1) is 16.6. The van der Waals surface area contributed by atoms with Crippen LogP contribution in [0.5, 0.6) is 0 Å². The molecule has 0 N–H and O–H groups in total. The molecule has 200 valence electrons. The van der Waals surface area contributed by atoms with Gasteiger partial charge in [0, 0.05) is 18.7 Å². The standard InChI is InChI=1S/C31H61NOSi/c1-5-9-13-17-23-30(31(33)32-24-18-19-25-32)29-34(26-20-14-10-6-2,27-21-15-11-7-3)28-22-16-12-8-4/h29H,5-28H2,1-4H3/b30-29-. The summed E-state index contributed by atoms with van der Waals surface area (Å²) in [5.74, 6) is 0.418. The van der Waals surface area contributed by atoms with Gasteiger partial charge in [-0.3, -0.25) is 4.79 Å². The summed E-state index contributed by atoms with van der Waals surface area (Å²) in [6, 6.07) is 4.28. The Morgan fingerprint density at radius 1 is 0.618 bits per heavy atom. The molecule has 0 spiro atoms. The SMILES string of the molecule is CCCCCC/C(=C/[Si](CCCCCC)(CCCCCC)CCCCCC)C(=O)N1CCCC1. The Hall–Kier alpha value is -0.573. The lowest BCUT2D eigenvalue weighted by atomic mass is 10.1. The van der Waals surface area contributed by atoms with Gasteiger partial charge in [-0.2, -0.15) is 0 Å². The van der Waals surface area contributed by atoms with Crippen LogP contribution in [0.25, 0.3) is 0 Å². The van der Waals surface area contributed by atoms with E-state index in [0.29, 0.717) is 5.91 Å². The van der Waals surface area contributed by atoms with Crippen LogP contribution < -0.4 is 0 Å². The van der Waals surface area contributed by atoms with Crippen molar-refractivity contribution in [3.8, 4) is 0 Å². The van der Waals surface area contributed by atoms with Crippen molar-refractivity contribution in [1.29, 1.82) is 0 Å². The van der Waals surface area contributed by atoms with E-state index in [9.17, 15) is 4.79 Å². The first kappa shape index (κ1) is 31.5. The smallest absolute Gasteiger partial charge is 0.249 e. The molecule has 0 aliphatic carbocycles. The van der Waals surface area contributed by atoms with Crippen molar-refractivity contribution in [2.45, 2.75) is 168 Å². The van der Waals surface area contributed by atoms with Crippen molar-refractivity contribution in [2.75, 3.05) is 13.1 Å². The van der Waals surface area contributed by atoms with E-state index < -0.39 is 8.07 Å². The van der Waals surface area contributed by atoms with Crippen LogP contribution in [0, 0.1) is 0 Å². The Morgan fingerprint density at radius 2 is 1.03 bits per heavy atom. The molecule has 0 unspecified atom stereocenters.